The van der Waals surface area contributed by atoms with E-state index in [9.17, 15) is 61.9 Å². The van der Waals surface area contributed by atoms with Gasteiger partial charge in [0.05, 0.1) is 18.9 Å². The fraction of sp³-hybridized carbons (Fsp3) is 0.933. The van der Waals surface area contributed by atoms with Gasteiger partial charge in [0.15, 0.2) is 0 Å². The van der Waals surface area contributed by atoms with Gasteiger partial charge in [-0.3, -0.25) is 4.79 Å². The normalized spacial score (nSPS) is 15.8. The van der Waals surface area contributed by atoms with E-state index in [4.69, 9.17) is 0 Å². The number of hydrogen-bond acceptors (Lipinski definition) is 2. The minimum absolute atomic E-state index is 0.121. The fourth-order valence-corrected chi connectivity index (χ4v) is 2.19. The molecule has 0 aliphatic rings. The van der Waals surface area contributed by atoms with Crippen molar-refractivity contribution in [2.75, 3.05) is 6.61 Å². The Morgan fingerprint density at radius 1 is 0.733 bits per heavy atom. The zero-order chi connectivity index (χ0) is 24.4. The highest BCUT2D eigenvalue weighted by Gasteiger charge is 2.90. The summed E-state index contributed by atoms with van der Waals surface area (Å²) in [6, 6.07) is 0. The van der Waals surface area contributed by atoms with Gasteiger partial charge in [0, 0.05) is 0 Å². The Kier molecular flexibility index (Phi) is 8.54. The molecule has 0 heterocycles. The van der Waals surface area contributed by atoms with Gasteiger partial charge in [-0.25, -0.2) is 0 Å². The fourth-order valence-electron chi connectivity index (χ4n) is 2.19. The lowest BCUT2D eigenvalue weighted by Crippen LogP contribution is -2.70. The van der Waals surface area contributed by atoms with E-state index in [-0.39, 0.29) is 12.8 Å². The van der Waals surface area contributed by atoms with Crippen LogP contribution in [-0.4, -0.2) is 48.4 Å². The molecule has 180 valence electrons. The van der Waals surface area contributed by atoms with E-state index in [1.54, 1.807) is 6.92 Å². The molecule has 0 spiro atoms. The maximum absolute atomic E-state index is 13.5. The first-order valence-corrected chi connectivity index (χ1v) is 8.28. The summed E-state index contributed by atoms with van der Waals surface area (Å²) in [6.07, 6.45) is -9.28. The minimum atomic E-state index is -7.93. The molecule has 0 aromatic rings. The van der Waals surface area contributed by atoms with Crippen molar-refractivity contribution in [3.8, 4) is 0 Å². The second kappa shape index (κ2) is 8.97. The standard InChI is InChI=1S/C15H17F13O2/c1-3-5-8(4-2)9(29)30-7-6-10(16,17)11(18,19)12(20,21)13(22,23)14(24,25)15(26,27)28/h8H,3-7H2,1-2H3. The summed E-state index contributed by atoms with van der Waals surface area (Å²) >= 11 is 0. The first-order chi connectivity index (χ1) is 13.2. The molecular weight excluding hydrogens is 459 g/mol. The number of hydrogen-bond donors (Lipinski definition) is 0. The van der Waals surface area contributed by atoms with Gasteiger partial charge in [0.2, 0.25) is 0 Å². The monoisotopic (exact) mass is 476 g/mol. The Morgan fingerprint density at radius 2 is 1.17 bits per heavy atom. The molecule has 0 bridgehead atoms. The van der Waals surface area contributed by atoms with Crippen LogP contribution in [0.25, 0.3) is 0 Å². The zero-order valence-electron chi connectivity index (χ0n) is 15.3. The molecule has 15 heteroatoms. The van der Waals surface area contributed by atoms with Crippen LogP contribution in [0.1, 0.15) is 39.5 Å². The van der Waals surface area contributed by atoms with Crippen molar-refractivity contribution >= 4 is 5.97 Å². The van der Waals surface area contributed by atoms with Gasteiger partial charge in [0.25, 0.3) is 0 Å². The molecule has 2 nitrogen and oxygen atoms in total. The van der Waals surface area contributed by atoms with Crippen LogP contribution in [0, 0.1) is 5.92 Å². The first kappa shape index (κ1) is 28.6. The van der Waals surface area contributed by atoms with Crippen molar-refractivity contribution in [2.45, 2.75) is 75.3 Å². The van der Waals surface area contributed by atoms with Gasteiger partial charge >= 0.3 is 41.8 Å². The van der Waals surface area contributed by atoms with Crippen LogP contribution < -0.4 is 0 Å². The number of carbonyl (C=O) groups is 1. The highest BCUT2D eigenvalue weighted by Crippen LogP contribution is 2.60. The third kappa shape index (κ3) is 4.89. The molecule has 0 aromatic carbocycles. The highest BCUT2D eigenvalue weighted by atomic mass is 19.4. The van der Waals surface area contributed by atoms with Gasteiger partial charge in [0.1, 0.15) is 0 Å². The van der Waals surface area contributed by atoms with Crippen molar-refractivity contribution in [3.05, 3.63) is 0 Å². The Balaban J connectivity index is 5.63. The summed E-state index contributed by atoms with van der Waals surface area (Å²) in [6.45, 7) is 1.37. The molecule has 1 atom stereocenters. The van der Waals surface area contributed by atoms with Crippen LogP contribution >= 0.6 is 0 Å². The number of alkyl halides is 13. The van der Waals surface area contributed by atoms with Crippen LogP contribution in [0.2, 0.25) is 0 Å². The second-order valence-corrected chi connectivity index (χ2v) is 6.31. The van der Waals surface area contributed by atoms with Gasteiger partial charge in [-0.1, -0.05) is 20.3 Å². The maximum Gasteiger partial charge on any atom is 0.460 e. The molecular formula is C15H17F13O2. The van der Waals surface area contributed by atoms with E-state index in [2.05, 4.69) is 4.74 Å². The Bertz CT molecular complexity index is 584. The van der Waals surface area contributed by atoms with Crippen LogP contribution in [0.4, 0.5) is 57.1 Å². The molecule has 0 aromatic heterocycles. The van der Waals surface area contributed by atoms with Crippen molar-refractivity contribution in [1.29, 1.82) is 0 Å². The van der Waals surface area contributed by atoms with Crippen molar-refractivity contribution in [2.24, 2.45) is 5.92 Å². The molecule has 0 aliphatic carbocycles. The molecule has 0 saturated heterocycles. The summed E-state index contributed by atoms with van der Waals surface area (Å²) in [4.78, 5) is 11.6. The Hall–Kier alpha value is -1.44. The summed E-state index contributed by atoms with van der Waals surface area (Å²) < 4.78 is 172. The minimum Gasteiger partial charge on any atom is -0.465 e. The first-order valence-electron chi connectivity index (χ1n) is 8.28. The lowest BCUT2D eigenvalue weighted by atomic mass is 9.93. The van der Waals surface area contributed by atoms with Crippen LogP contribution in [-0.2, 0) is 9.53 Å². The zero-order valence-corrected chi connectivity index (χ0v) is 15.3. The average Bonchev–Trinajstić information content (AvgIpc) is 2.57. The Morgan fingerprint density at radius 3 is 1.53 bits per heavy atom. The van der Waals surface area contributed by atoms with Crippen molar-refractivity contribution in [3.63, 3.8) is 0 Å². The van der Waals surface area contributed by atoms with E-state index >= 15 is 0 Å². The predicted octanol–water partition coefficient (Wildman–Crippen LogP) is 6.48. The van der Waals surface area contributed by atoms with Gasteiger partial charge in [-0.05, 0) is 12.8 Å². The summed E-state index contributed by atoms with van der Waals surface area (Å²) in [5, 5.41) is 0. The SMILES string of the molecule is CCCC(CC)C(=O)OCCC(F)(F)C(F)(F)C(F)(F)C(F)(F)C(F)(F)C(F)(F)F. The number of esters is 1. The molecule has 0 N–H and O–H groups in total. The molecule has 0 rings (SSSR count). The quantitative estimate of drug-likeness (QED) is 0.252. The van der Waals surface area contributed by atoms with Crippen LogP contribution in [0.15, 0.2) is 0 Å². The van der Waals surface area contributed by atoms with E-state index < -0.39 is 60.7 Å². The second-order valence-electron chi connectivity index (χ2n) is 6.31. The highest BCUT2D eigenvalue weighted by molar-refractivity contribution is 5.72. The van der Waals surface area contributed by atoms with Crippen molar-refractivity contribution in [1.82, 2.24) is 0 Å². The average molecular weight is 476 g/mol. The molecule has 1 unspecified atom stereocenters. The van der Waals surface area contributed by atoms with Crippen molar-refractivity contribution < 1.29 is 66.6 Å². The van der Waals surface area contributed by atoms with Gasteiger partial charge < -0.3 is 4.74 Å². The maximum atomic E-state index is 13.5. The van der Waals surface area contributed by atoms with E-state index in [0.717, 1.165) is 0 Å². The van der Waals surface area contributed by atoms with Gasteiger partial charge in [-0.15, -0.1) is 0 Å². The van der Waals surface area contributed by atoms with E-state index in [1.165, 1.54) is 6.92 Å². The molecule has 0 fully saturated rings. The largest absolute Gasteiger partial charge is 0.465 e. The number of ether oxygens (including phenoxy) is 1. The smallest absolute Gasteiger partial charge is 0.460 e. The topological polar surface area (TPSA) is 26.3 Å². The Labute approximate surface area is 161 Å². The summed E-state index contributed by atoms with van der Waals surface area (Å²) in [7, 11) is 0. The molecule has 30 heavy (non-hydrogen) atoms. The molecule has 0 amide bonds. The van der Waals surface area contributed by atoms with E-state index in [1.807, 2.05) is 0 Å². The lowest BCUT2D eigenvalue weighted by molar-refractivity contribution is -0.440. The van der Waals surface area contributed by atoms with Crippen LogP contribution in [0.5, 0.6) is 0 Å². The third-order valence-electron chi connectivity index (χ3n) is 4.12. The summed E-state index contributed by atoms with van der Waals surface area (Å²) in [5.41, 5.74) is 0. The molecule has 0 aliphatic heterocycles. The number of carbonyl (C=O) groups excluding carboxylic acids is 1. The number of rotatable bonds is 11. The van der Waals surface area contributed by atoms with E-state index in [0.29, 0.717) is 6.42 Å². The van der Waals surface area contributed by atoms with Crippen LogP contribution in [0.3, 0.4) is 0 Å². The van der Waals surface area contributed by atoms with Gasteiger partial charge in [-0.2, -0.15) is 57.1 Å². The molecule has 0 saturated carbocycles. The third-order valence-corrected chi connectivity index (χ3v) is 4.12. The predicted molar refractivity (Wildman–Crippen MR) is 75.1 cm³/mol. The molecule has 0 radical (unpaired) electrons. The number of halogens is 13. The lowest BCUT2D eigenvalue weighted by Gasteiger charge is -2.39. The summed E-state index contributed by atoms with van der Waals surface area (Å²) in [5.74, 6) is -39.2.